The zero-order valence-electron chi connectivity index (χ0n) is 6.47. The fourth-order valence-corrected chi connectivity index (χ4v) is 1.05. The third-order valence-corrected chi connectivity index (χ3v) is 1.85. The Morgan fingerprint density at radius 2 is 2.23 bits per heavy atom. The van der Waals surface area contributed by atoms with Crippen LogP contribution in [-0.4, -0.2) is 13.4 Å². The summed E-state index contributed by atoms with van der Waals surface area (Å²) < 4.78 is 25.1. The molecule has 13 heavy (non-hydrogen) atoms. The van der Waals surface area contributed by atoms with Gasteiger partial charge in [0.25, 0.3) is 0 Å². The largest absolute Gasteiger partial charge is 0.333 e. The van der Waals surface area contributed by atoms with Crippen LogP contribution in [0, 0.1) is 0 Å². The predicted molar refractivity (Wildman–Crippen MR) is 47.1 cm³/mol. The summed E-state index contributed by atoms with van der Waals surface area (Å²) in [6.07, 6.45) is 1.41. The number of halogens is 1. The standard InChI is InChI=1S/C6H7ClN2O3S/c7-6-2-1-5(3-9-6)4-12-13(8,10)11/h1-3H,4H2,(H2,8,10,11). The van der Waals surface area contributed by atoms with E-state index in [0.717, 1.165) is 0 Å². The SMILES string of the molecule is NS(=O)(=O)OCc1ccc(Cl)nc1. The predicted octanol–water partition coefficient (Wildman–Crippen LogP) is 0.455. The van der Waals surface area contributed by atoms with Crippen molar-refractivity contribution in [2.75, 3.05) is 0 Å². The summed E-state index contributed by atoms with van der Waals surface area (Å²) in [6.45, 7) is -0.136. The number of nitrogens with two attached hydrogens (primary N) is 1. The average Bonchev–Trinajstić information content (AvgIpc) is 2.02. The molecule has 0 radical (unpaired) electrons. The van der Waals surface area contributed by atoms with Gasteiger partial charge in [-0.15, -0.1) is 0 Å². The third kappa shape index (κ3) is 4.18. The van der Waals surface area contributed by atoms with Gasteiger partial charge in [-0.25, -0.2) is 10.1 Å². The van der Waals surface area contributed by atoms with Gasteiger partial charge in [-0.2, -0.15) is 8.42 Å². The molecule has 72 valence electrons. The van der Waals surface area contributed by atoms with Crippen LogP contribution in [0.15, 0.2) is 18.3 Å². The molecule has 1 aromatic heterocycles. The van der Waals surface area contributed by atoms with E-state index in [0.29, 0.717) is 10.7 Å². The number of rotatable bonds is 3. The minimum absolute atomic E-state index is 0.136. The molecule has 0 aliphatic carbocycles. The average molecular weight is 223 g/mol. The van der Waals surface area contributed by atoms with Crippen molar-refractivity contribution in [1.82, 2.24) is 4.98 Å². The lowest BCUT2D eigenvalue weighted by Gasteiger charge is -1.99. The number of aromatic nitrogens is 1. The fourth-order valence-electron chi connectivity index (χ4n) is 0.642. The zero-order chi connectivity index (χ0) is 9.90. The minimum Gasteiger partial charge on any atom is -0.253 e. The van der Waals surface area contributed by atoms with E-state index in [9.17, 15) is 8.42 Å². The van der Waals surface area contributed by atoms with Gasteiger partial charge in [0.05, 0.1) is 6.61 Å². The summed E-state index contributed by atoms with van der Waals surface area (Å²) in [5.41, 5.74) is 0.582. The van der Waals surface area contributed by atoms with Crippen LogP contribution in [0.4, 0.5) is 0 Å². The van der Waals surface area contributed by atoms with Gasteiger partial charge >= 0.3 is 10.3 Å². The first kappa shape index (κ1) is 10.4. The summed E-state index contributed by atoms with van der Waals surface area (Å²) in [5, 5.41) is 4.95. The molecule has 0 aliphatic heterocycles. The van der Waals surface area contributed by atoms with Gasteiger partial charge in [0, 0.05) is 6.20 Å². The molecule has 2 N–H and O–H groups in total. The molecule has 0 bridgehead atoms. The monoisotopic (exact) mass is 222 g/mol. The number of hydrogen-bond acceptors (Lipinski definition) is 4. The Morgan fingerprint density at radius 3 is 2.69 bits per heavy atom. The lowest BCUT2D eigenvalue weighted by Crippen LogP contribution is -2.15. The third-order valence-electron chi connectivity index (χ3n) is 1.18. The van der Waals surface area contributed by atoms with Crippen LogP contribution in [0.5, 0.6) is 0 Å². The minimum atomic E-state index is -3.89. The summed E-state index contributed by atoms with van der Waals surface area (Å²) >= 11 is 5.51. The first-order chi connectivity index (χ1) is 5.97. The topological polar surface area (TPSA) is 82.3 Å². The molecule has 0 atom stereocenters. The molecule has 0 amide bonds. The molecule has 0 fully saturated rings. The molecule has 1 heterocycles. The van der Waals surface area contributed by atoms with Gasteiger partial charge in [0.2, 0.25) is 0 Å². The van der Waals surface area contributed by atoms with E-state index in [4.69, 9.17) is 11.6 Å². The van der Waals surface area contributed by atoms with Crippen molar-refractivity contribution in [1.29, 1.82) is 0 Å². The van der Waals surface area contributed by atoms with Crippen LogP contribution in [0.25, 0.3) is 0 Å². The summed E-state index contributed by atoms with van der Waals surface area (Å²) in [7, 11) is -3.89. The Labute approximate surface area is 80.7 Å². The smallest absolute Gasteiger partial charge is 0.253 e. The van der Waals surface area contributed by atoms with Gasteiger partial charge in [-0.05, 0) is 11.6 Å². The van der Waals surface area contributed by atoms with Crippen molar-refractivity contribution >= 4 is 21.9 Å². The first-order valence-electron chi connectivity index (χ1n) is 3.25. The Morgan fingerprint density at radius 1 is 1.54 bits per heavy atom. The molecule has 1 rings (SSSR count). The normalized spacial score (nSPS) is 11.5. The molecular formula is C6H7ClN2O3S. The zero-order valence-corrected chi connectivity index (χ0v) is 8.05. The summed E-state index contributed by atoms with van der Waals surface area (Å²) in [6, 6.07) is 3.13. The van der Waals surface area contributed by atoms with Crippen molar-refractivity contribution in [2.24, 2.45) is 5.14 Å². The van der Waals surface area contributed by atoms with Crippen molar-refractivity contribution in [3.8, 4) is 0 Å². The van der Waals surface area contributed by atoms with Crippen LogP contribution in [0.3, 0.4) is 0 Å². The van der Waals surface area contributed by atoms with Crippen molar-refractivity contribution in [3.63, 3.8) is 0 Å². The molecule has 0 spiro atoms. The number of nitrogens with zero attached hydrogens (tertiary/aromatic N) is 1. The molecular weight excluding hydrogens is 216 g/mol. The highest BCUT2D eigenvalue weighted by Gasteiger charge is 2.02. The van der Waals surface area contributed by atoms with Gasteiger partial charge in [-0.3, -0.25) is 4.18 Å². The van der Waals surface area contributed by atoms with E-state index in [-0.39, 0.29) is 6.61 Å². The van der Waals surface area contributed by atoms with Crippen LogP contribution >= 0.6 is 11.6 Å². The molecule has 0 unspecified atom stereocenters. The maximum Gasteiger partial charge on any atom is 0.333 e. The van der Waals surface area contributed by atoms with Crippen LogP contribution in [0.2, 0.25) is 5.15 Å². The van der Waals surface area contributed by atoms with Crippen molar-refractivity contribution in [2.45, 2.75) is 6.61 Å². The lowest BCUT2D eigenvalue weighted by atomic mass is 10.3. The van der Waals surface area contributed by atoms with Crippen molar-refractivity contribution < 1.29 is 12.6 Å². The van der Waals surface area contributed by atoms with Crippen molar-refractivity contribution in [3.05, 3.63) is 29.0 Å². The number of pyridine rings is 1. The quantitative estimate of drug-likeness (QED) is 0.753. The summed E-state index contributed by atoms with van der Waals surface area (Å²) in [5.74, 6) is 0. The van der Waals surface area contributed by atoms with Gasteiger partial charge < -0.3 is 0 Å². The molecule has 1 aromatic rings. The lowest BCUT2D eigenvalue weighted by molar-refractivity contribution is 0.308. The second-order valence-corrected chi connectivity index (χ2v) is 3.85. The van der Waals surface area contributed by atoms with Gasteiger partial charge in [0.1, 0.15) is 5.15 Å². The van der Waals surface area contributed by atoms with E-state index < -0.39 is 10.3 Å². The highest BCUT2D eigenvalue weighted by molar-refractivity contribution is 7.84. The van der Waals surface area contributed by atoms with E-state index in [2.05, 4.69) is 14.3 Å². The Balaban J connectivity index is 2.61. The second-order valence-electron chi connectivity index (χ2n) is 2.24. The molecule has 0 saturated heterocycles. The Hall–Kier alpha value is -0.690. The van der Waals surface area contributed by atoms with Crippen LogP contribution in [0.1, 0.15) is 5.56 Å². The van der Waals surface area contributed by atoms with E-state index in [1.54, 1.807) is 6.07 Å². The molecule has 5 nitrogen and oxygen atoms in total. The maximum atomic E-state index is 10.4. The number of hydrogen-bond donors (Lipinski definition) is 1. The Kier molecular flexibility index (Phi) is 3.21. The van der Waals surface area contributed by atoms with Crippen LogP contribution in [-0.2, 0) is 21.1 Å². The maximum absolute atomic E-state index is 10.4. The van der Waals surface area contributed by atoms with Gasteiger partial charge in [0.15, 0.2) is 0 Å². The summed E-state index contributed by atoms with van der Waals surface area (Å²) in [4.78, 5) is 3.73. The second kappa shape index (κ2) is 4.01. The van der Waals surface area contributed by atoms with E-state index in [1.165, 1.54) is 12.3 Å². The molecule has 0 saturated carbocycles. The Bertz CT molecular complexity index is 375. The highest BCUT2D eigenvalue weighted by atomic mass is 35.5. The van der Waals surface area contributed by atoms with Crippen LogP contribution < -0.4 is 5.14 Å². The van der Waals surface area contributed by atoms with Gasteiger partial charge in [-0.1, -0.05) is 17.7 Å². The molecule has 7 heteroatoms. The molecule has 0 aliphatic rings. The van der Waals surface area contributed by atoms with E-state index >= 15 is 0 Å². The fraction of sp³-hybridized carbons (Fsp3) is 0.167. The first-order valence-corrected chi connectivity index (χ1v) is 5.10. The van der Waals surface area contributed by atoms with E-state index in [1.807, 2.05) is 0 Å². The highest BCUT2D eigenvalue weighted by Crippen LogP contribution is 2.06. The molecule has 0 aromatic carbocycles.